The average molecular weight is 563 g/mol. The number of hydrogen-bond donors (Lipinski definition) is 2. The fourth-order valence-electron chi connectivity index (χ4n) is 5.72. The molecule has 0 aromatic rings. The molecule has 0 N–H and O–H groups in total. The largest absolute Gasteiger partial charge is 0.298 e. The van der Waals surface area contributed by atoms with Crippen LogP contribution in [-0.4, -0.2) is 17.3 Å². The predicted octanol–water partition coefficient (Wildman–Crippen LogP) is 12.0. The van der Waals surface area contributed by atoms with Crippen molar-refractivity contribution in [1.82, 2.24) is 0 Å². The van der Waals surface area contributed by atoms with Crippen molar-refractivity contribution in [2.45, 2.75) is 156 Å². The molecule has 3 heteroatoms. The highest BCUT2D eigenvalue weighted by Crippen LogP contribution is 2.46. The standard InChI is InChI=1S/C35H62OS2/c1-5-9-13-17-21-31-25-37(26-32(31)22-18-14-10-6-2)29-35(36)30-38-27-33(23-19-15-11-7-3)34(28-38)24-20-16-12-8-4/h25-28,37-38H,5-24,29-30H2,1-4H3. The highest BCUT2D eigenvalue weighted by molar-refractivity contribution is 8.24. The third-order valence-electron chi connectivity index (χ3n) is 8.03. The van der Waals surface area contributed by atoms with Gasteiger partial charge in [-0.25, -0.2) is 21.8 Å². The van der Waals surface area contributed by atoms with Crippen molar-refractivity contribution >= 4 is 27.6 Å². The topological polar surface area (TPSA) is 17.1 Å². The van der Waals surface area contributed by atoms with Crippen LogP contribution in [0.1, 0.15) is 156 Å². The Hall–Kier alpha value is -0.670. The summed E-state index contributed by atoms with van der Waals surface area (Å²) in [6.07, 6.45) is 26.1. The van der Waals surface area contributed by atoms with E-state index in [0.717, 1.165) is 11.5 Å². The van der Waals surface area contributed by atoms with Crippen LogP contribution in [0.4, 0.5) is 0 Å². The van der Waals surface area contributed by atoms with E-state index >= 15 is 0 Å². The molecule has 0 unspecified atom stereocenters. The Balaban J connectivity index is 1.94. The summed E-state index contributed by atoms with van der Waals surface area (Å²) in [6, 6.07) is 0. The molecule has 2 rings (SSSR count). The van der Waals surface area contributed by atoms with Crippen LogP contribution >= 0.6 is 21.8 Å². The molecule has 0 saturated heterocycles. The lowest BCUT2D eigenvalue weighted by Crippen LogP contribution is -2.08. The maximum atomic E-state index is 13.3. The van der Waals surface area contributed by atoms with Crippen molar-refractivity contribution in [3.63, 3.8) is 0 Å². The normalized spacial score (nSPS) is 17.1. The number of Topliss-reactive ketones (excluding diaryl/α,β-unsaturated/α-hetero) is 1. The van der Waals surface area contributed by atoms with Gasteiger partial charge in [-0.05, 0) is 95.3 Å². The summed E-state index contributed by atoms with van der Waals surface area (Å²) < 4.78 is 0. The van der Waals surface area contributed by atoms with Crippen molar-refractivity contribution in [3.05, 3.63) is 43.9 Å². The summed E-state index contributed by atoms with van der Waals surface area (Å²) in [7, 11) is -0.773. The van der Waals surface area contributed by atoms with E-state index < -0.39 is 0 Å². The minimum Gasteiger partial charge on any atom is -0.298 e. The first kappa shape index (κ1) is 33.5. The van der Waals surface area contributed by atoms with Gasteiger partial charge in [-0.3, -0.25) is 4.79 Å². The molecule has 2 aliphatic heterocycles. The lowest BCUT2D eigenvalue weighted by molar-refractivity contribution is -0.114. The minimum atomic E-state index is -0.386. The Morgan fingerprint density at radius 2 is 0.711 bits per heavy atom. The number of rotatable bonds is 24. The maximum absolute atomic E-state index is 13.3. The zero-order valence-electron chi connectivity index (χ0n) is 25.7. The van der Waals surface area contributed by atoms with Crippen LogP contribution in [0.15, 0.2) is 43.9 Å². The average Bonchev–Trinajstić information content (AvgIpc) is 3.47. The van der Waals surface area contributed by atoms with Crippen molar-refractivity contribution < 1.29 is 4.79 Å². The Morgan fingerprint density at radius 1 is 0.447 bits per heavy atom. The number of allylic oxidation sites excluding steroid dienone is 4. The number of carbonyl (C=O) groups excluding carboxylic acids is 1. The molecular formula is C35H62OS2. The molecule has 0 aliphatic carbocycles. The van der Waals surface area contributed by atoms with Crippen LogP contribution in [-0.2, 0) is 4.79 Å². The van der Waals surface area contributed by atoms with Gasteiger partial charge in [-0.1, -0.05) is 105 Å². The highest BCUT2D eigenvalue weighted by Gasteiger charge is 2.21. The van der Waals surface area contributed by atoms with Crippen molar-refractivity contribution in [2.75, 3.05) is 11.5 Å². The molecule has 0 fully saturated rings. The molecule has 1 nitrogen and oxygen atoms in total. The lowest BCUT2D eigenvalue weighted by Gasteiger charge is -2.13. The summed E-state index contributed by atoms with van der Waals surface area (Å²) >= 11 is 0. The minimum absolute atomic E-state index is 0.386. The van der Waals surface area contributed by atoms with Crippen LogP contribution in [0.2, 0.25) is 0 Å². The van der Waals surface area contributed by atoms with E-state index in [0.29, 0.717) is 5.78 Å². The number of carbonyl (C=O) groups is 1. The Labute approximate surface area is 243 Å². The number of ketones is 1. The summed E-state index contributed by atoms with van der Waals surface area (Å²) in [5, 5.41) is 10.2. The molecule has 38 heavy (non-hydrogen) atoms. The Morgan fingerprint density at radius 3 is 0.947 bits per heavy atom. The molecule has 0 bridgehead atoms. The molecule has 220 valence electrons. The smallest absolute Gasteiger partial charge is 0.150 e. The molecule has 0 aromatic heterocycles. The first-order valence-corrected chi connectivity index (χ1v) is 19.8. The summed E-state index contributed by atoms with van der Waals surface area (Å²) in [6.45, 7) is 9.17. The molecule has 0 amide bonds. The number of hydrogen-bond acceptors (Lipinski definition) is 1. The number of thiol groups is 2. The molecule has 0 saturated carbocycles. The fraction of sp³-hybridized carbons (Fsp3) is 0.743. The van der Waals surface area contributed by atoms with E-state index in [9.17, 15) is 4.79 Å². The van der Waals surface area contributed by atoms with Crippen LogP contribution in [0.3, 0.4) is 0 Å². The van der Waals surface area contributed by atoms with Gasteiger partial charge < -0.3 is 0 Å². The van der Waals surface area contributed by atoms with Crippen molar-refractivity contribution in [1.29, 1.82) is 0 Å². The van der Waals surface area contributed by atoms with Crippen LogP contribution < -0.4 is 0 Å². The quantitative estimate of drug-likeness (QED) is 0.0883. The molecule has 0 radical (unpaired) electrons. The lowest BCUT2D eigenvalue weighted by atomic mass is 9.97. The predicted molar refractivity (Wildman–Crippen MR) is 180 cm³/mol. The first-order valence-electron chi connectivity index (χ1n) is 16.5. The third-order valence-corrected chi connectivity index (χ3v) is 12.0. The molecule has 0 atom stereocenters. The summed E-state index contributed by atoms with van der Waals surface area (Å²) in [5.74, 6) is 2.08. The highest BCUT2D eigenvalue weighted by atomic mass is 32.2. The Kier molecular flexibility index (Phi) is 18.6. The van der Waals surface area contributed by atoms with E-state index in [4.69, 9.17) is 0 Å². The second-order valence-corrected chi connectivity index (χ2v) is 15.5. The second kappa shape index (κ2) is 21.1. The third kappa shape index (κ3) is 13.6. The van der Waals surface area contributed by atoms with E-state index in [1.54, 1.807) is 22.3 Å². The maximum Gasteiger partial charge on any atom is 0.150 e. The van der Waals surface area contributed by atoms with Crippen molar-refractivity contribution in [3.8, 4) is 0 Å². The van der Waals surface area contributed by atoms with E-state index in [-0.39, 0.29) is 21.8 Å². The van der Waals surface area contributed by atoms with E-state index in [1.165, 1.54) is 128 Å². The fourth-order valence-corrected chi connectivity index (χ4v) is 10.2. The zero-order valence-corrected chi connectivity index (χ0v) is 27.5. The van der Waals surface area contributed by atoms with Crippen LogP contribution in [0.5, 0.6) is 0 Å². The van der Waals surface area contributed by atoms with Gasteiger partial charge in [-0.15, -0.1) is 0 Å². The van der Waals surface area contributed by atoms with Gasteiger partial charge in [0.15, 0.2) is 0 Å². The van der Waals surface area contributed by atoms with E-state index in [2.05, 4.69) is 49.3 Å². The van der Waals surface area contributed by atoms with Gasteiger partial charge in [-0.2, -0.15) is 0 Å². The SMILES string of the molecule is CCCCCCC1=C[SH](CC(=O)C[SH]2C=C(CCCCCC)C(CCCCCC)=C2)C=C1CCCCCC. The Bertz CT molecular complexity index is 668. The van der Waals surface area contributed by atoms with Gasteiger partial charge in [0.1, 0.15) is 5.78 Å². The molecule has 0 aromatic carbocycles. The molecule has 2 aliphatic rings. The van der Waals surface area contributed by atoms with Gasteiger partial charge >= 0.3 is 0 Å². The second-order valence-electron chi connectivity index (χ2n) is 11.7. The van der Waals surface area contributed by atoms with Gasteiger partial charge in [0.25, 0.3) is 0 Å². The first-order chi connectivity index (χ1) is 18.6. The summed E-state index contributed by atoms with van der Waals surface area (Å²) in [5.41, 5.74) is 6.41. The zero-order chi connectivity index (χ0) is 27.4. The van der Waals surface area contributed by atoms with E-state index in [1.807, 2.05) is 0 Å². The molecule has 0 spiro atoms. The van der Waals surface area contributed by atoms with Crippen LogP contribution in [0.25, 0.3) is 0 Å². The number of unbranched alkanes of at least 4 members (excludes halogenated alkanes) is 12. The molecule has 2 heterocycles. The van der Waals surface area contributed by atoms with Gasteiger partial charge in [0.2, 0.25) is 0 Å². The summed E-state index contributed by atoms with van der Waals surface area (Å²) in [4.78, 5) is 13.3. The van der Waals surface area contributed by atoms with Crippen LogP contribution in [0, 0.1) is 0 Å². The van der Waals surface area contributed by atoms with Crippen molar-refractivity contribution in [2.24, 2.45) is 0 Å². The van der Waals surface area contributed by atoms with Gasteiger partial charge in [0, 0.05) is 11.5 Å². The monoisotopic (exact) mass is 562 g/mol. The molecular weight excluding hydrogens is 501 g/mol. The van der Waals surface area contributed by atoms with Gasteiger partial charge in [0.05, 0.1) is 0 Å².